The van der Waals surface area contributed by atoms with Crippen LogP contribution in [0.15, 0.2) is 0 Å². The third-order valence-corrected chi connectivity index (χ3v) is 2.85. The number of nitrogens with one attached hydrogen (secondary N) is 2. The van der Waals surface area contributed by atoms with Crippen molar-refractivity contribution in [3.8, 4) is 0 Å². The zero-order chi connectivity index (χ0) is 12.0. The summed E-state index contributed by atoms with van der Waals surface area (Å²) in [5, 5.41) is 6.04. The molecular weight excluding hydrogens is 206 g/mol. The standard InChI is InChI=1S/C11H21N3O2/c1-14(2)10(15)5-8-13-11(16)9-3-6-12-7-4-9/h9,12H,3-8H2,1-2H3,(H,13,16). The van der Waals surface area contributed by atoms with Crippen molar-refractivity contribution in [1.82, 2.24) is 15.5 Å². The smallest absolute Gasteiger partial charge is 0.223 e. The molecule has 5 heteroatoms. The maximum absolute atomic E-state index is 11.7. The molecule has 0 aromatic carbocycles. The quantitative estimate of drug-likeness (QED) is 0.686. The lowest BCUT2D eigenvalue weighted by molar-refractivity contribution is -0.129. The Morgan fingerprint density at radius 3 is 2.50 bits per heavy atom. The van der Waals surface area contributed by atoms with E-state index in [9.17, 15) is 9.59 Å². The number of amides is 2. The van der Waals surface area contributed by atoms with E-state index in [2.05, 4.69) is 10.6 Å². The van der Waals surface area contributed by atoms with E-state index in [0.29, 0.717) is 13.0 Å². The molecule has 0 saturated carbocycles. The number of rotatable bonds is 4. The zero-order valence-corrected chi connectivity index (χ0v) is 10.1. The molecule has 0 unspecified atom stereocenters. The van der Waals surface area contributed by atoms with E-state index in [0.717, 1.165) is 25.9 Å². The molecule has 0 bridgehead atoms. The average molecular weight is 227 g/mol. The van der Waals surface area contributed by atoms with Crippen LogP contribution in [0.5, 0.6) is 0 Å². The maximum Gasteiger partial charge on any atom is 0.223 e. The summed E-state index contributed by atoms with van der Waals surface area (Å²) in [7, 11) is 3.44. The van der Waals surface area contributed by atoms with Gasteiger partial charge in [-0.3, -0.25) is 9.59 Å². The molecule has 0 aliphatic carbocycles. The molecule has 5 nitrogen and oxygen atoms in total. The molecule has 0 radical (unpaired) electrons. The van der Waals surface area contributed by atoms with Crippen molar-refractivity contribution in [2.75, 3.05) is 33.7 Å². The summed E-state index contributed by atoms with van der Waals surface area (Å²) in [4.78, 5) is 24.5. The van der Waals surface area contributed by atoms with Crippen LogP contribution >= 0.6 is 0 Å². The van der Waals surface area contributed by atoms with E-state index in [1.807, 2.05) is 0 Å². The second-order valence-electron chi connectivity index (χ2n) is 4.35. The molecule has 1 fully saturated rings. The van der Waals surface area contributed by atoms with Gasteiger partial charge in [0.05, 0.1) is 0 Å². The molecule has 1 rings (SSSR count). The Hall–Kier alpha value is -1.10. The maximum atomic E-state index is 11.7. The first-order valence-corrected chi connectivity index (χ1v) is 5.80. The molecule has 0 atom stereocenters. The highest BCUT2D eigenvalue weighted by Crippen LogP contribution is 2.11. The average Bonchev–Trinajstić information content (AvgIpc) is 2.29. The van der Waals surface area contributed by atoms with E-state index < -0.39 is 0 Å². The molecule has 2 N–H and O–H groups in total. The summed E-state index contributed by atoms with van der Waals surface area (Å²) in [6.07, 6.45) is 2.17. The third kappa shape index (κ3) is 4.18. The second kappa shape index (κ2) is 6.48. The molecule has 1 aliphatic heterocycles. The highest BCUT2D eigenvalue weighted by molar-refractivity contribution is 5.80. The highest BCUT2D eigenvalue weighted by atomic mass is 16.2. The van der Waals surface area contributed by atoms with Gasteiger partial charge in [-0.25, -0.2) is 0 Å². The minimum atomic E-state index is 0.0469. The number of nitrogens with zero attached hydrogens (tertiary/aromatic N) is 1. The molecule has 0 aromatic heterocycles. The Kier molecular flexibility index (Phi) is 5.25. The summed E-state index contributed by atoms with van der Waals surface area (Å²) in [6, 6.07) is 0. The van der Waals surface area contributed by atoms with Crippen LogP contribution in [-0.2, 0) is 9.59 Å². The van der Waals surface area contributed by atoms with E-state index in [1.165, 1.54) is 4.90 Å². The molecule has 2 amide bonds. The van der Waals surface area contributed by atoms with Gasteiger partial charge in [-0.1, -0.05) is 0 Å². The van der Waals surface area contributed by atoms with Gasteiger partial charge < -0.3 is 15.5 Å². The molecule has 0 aromatic rings. The molecule has 92 valence electrons. The van der Waals surface area contributed by atoms with Crippen molar-refractivity contribution < 1.29 is 9.59 Å². The molecule has 0 spiro atoms. The van der Waals surface area contributed by atoms with Crippen molar-refractivity contribution >= 4 is 11.8 Å². The van der Waals surface area contributed by atoms with Crippen LogP contribution in [0.3, 0.4) is 0 Å². The topological polar surface area (TPSA) is 61.4 Å². The predicted molar refractivity (Wildman–Crippen MR) is 61.9 cm³/mol. The summed E-state index contributed by atoms with van der Waals surface area (Å²) in [5.41, 5.74) is 0. The second-order valence-corrected chi connectivity index (χ2v) is 4.35. The van der Waals surface area contributed by atoms with Crippen LogP contribution in [-0.4, -0.2) is 50.4 Å². The Morgan fingerprint density at radius 1 is 1.31 bits per heavy atom. The first-order valence-electron chi connectivity index (χ1n) is 5.80. The first kappa shape index (κ1) is 13.0. The summed E-state index contributed by atoms with van der Waals surface area (Å²) < 4.78 is 0. The molecule has 16 heavy (non-hydrogen) atoms. The summed E-state index contributed by atoms with van der Waals surface area (Å²) in [6.45, 7) is 2.27. The number of piperidine rings is 1. The largest absolute Gasteiger partial charge is 0.355 e. The van der Waals surface area contributed by atoms with Gasteiger partial charge in [0.2, 0.25) is 11.8 Å². The number of hydrogen-bond donors (Lipinski definition) is 2. The highest BCUT2D eigenvalue weighted by Gasteiger charge is 2.20. The minimum absolute atomic E-state index is 0.0469. The summed E-state index contributed by atoms with van der Waals surface area (Å²) in [5.74, 6) is 0.259. The SMILES string of the molecule is CN(C)C(=O)CCNC(=O)C1CCNCC1. The number of hydrogen-bond acceptors (Lipinski definition) is 3. The van der Waals surface area contributed by atoms with Gasteiger partial charge in [0.15, 0.2) is 0 Å². The Balaban J connectivity index is 2.17. The van der Waals surface area contributed by atoms with E-state index in [-0.39, 0.29) is 17.7 Å². The monoisotopic (exact) mass is 227 g/mol. The van der Waals surface area contributed by atoms with Gasteiger partial charge in [0, 0.05) is 33.0 Å². The van der Waals surface area contributed by atoms with Crippen LogP contribution in [0.4, 0.5) is 0 Å². The van der Waals surface area contributed by atoms with Crippen LogP contribution in [0.2, 0.25) is 0 Å². The Morgan fingerprint density at radius 2 is 1.94 bits per heavy atom. The van der Waals surface area contributed by atoms with Crippen molar-refractivity contribution in [2.24, 2.45) is 5.92 Å². The van der Waals surface area contributed by atoms with E-state index in [1.54, 1.807) is 14.1 Å². The molecule has 1 heterocycles. The van der Waals surface area contributed by atoms with Crippen LogP contribution in [0, 0.1) is 5.92 Å². The molecule has 1 saturated heterocycles. The van der Waals surface area contributed by atoms with Crippen molar-refractivity contribution in [2.45, 2.75) is 19.3 Å². The lowest BCUT2D eigenvalue weighted by Crippen LogP contribution is -2.39. The first-order chi connectivity index (χ1) is 7.61. The number of carbonyl (C=O) groups is 2. The van der Waals surface area contributed by atoms with Gasteiger partial charge >= 0.3 is 0 Å². The Bertz CT molecular complexity index is 248. The van der Waals surface area contributed by atoms with Crippen molar-refractivity contribution in [1.29, 1.82) is 0 Å². The van der Waals surface area contributed by atoms with Gasteiger partial charge in [-0.05, 0) is 25.9 Å². The van der Waals surface area contributed by atoms with Crippen molar-refractivity contribution in [3.05, 3.63) is 0 Å². The van der Waals surface area contributed by atoms with Crippen LogP contribution < -0.4 is 10.6 Å². The van der Waals surface area contributed by atoms with Gasteiger partial charge in [0.1, 0.15) is 0 Å². The normalized spacial score (nSPS) is 16.9. The van der Waals surface area contributed by atoms with Gasteiger partial charge in [0.25, 0.3) is 0 Å². The Labute approximate surface area is 96.6 Å². The van der Waals surface area contributed by atoms with Crippen LogP contribution in [0.1, 0.15) is 19.3 Å². The fourth-order valence-electron chi connectivity index (χ4n) is 1.74. The molecule has 1 aliphatic rings. The van der Waals surface area contributed by atoms with Gasteiger partial charge in [-0.2, -0.15) is 0 Å². The van der Waals surface area contributed by atoms with Gasteiger partial charge in [-0.15, -0.1) is 0 Å². The van der Waals surface area contributed by atoms with E-state index in [4.69, 9.17) is 0 Å². The van der Waals surface area contributed by atoms with Crippen molar-refractivity contribution in [3.63, 3.8) is 0 Å². The zero-order valence-electron chi connectivity index (χ0n) is 10.1. The third-order valence-electron chi connectivity index (χ3n) is 2.85. The van der Waals surface area contributed by atoms with E-state index >= 15 is 0 Å². The minimum Gasteiger partial charge on any atom is -0.355 e. The fraction of sp³-hybridized carbons (Fsp3) is 0.818. The predicted octanol–water partition coefficient (Wildman–Crippen LogP) is -0.419. The fourth-order valence-corrected chi connectivity index (χ4v) is 1.74. The van der Waals surface area contributed by atoms with Crippen LogP contribution in [0.25, 0.3) is 0 Å². The lowest BCUT2D eigenvalue weighted by Gasteiger charge is -2.21. The summed E-state index contributed by atoms with van der Waals surface area (Å²) >= 11 is 0. The lowest BCUT2D eigenvalue weighted by atomic mass is 9.97. The number of carbonyl (C=O) groups excluding carboxylic acids is 2. The molecular formula is C11H21N3O2.